The summed E-state index contributed by atoms with van der Waals surface area (Å²) < 4.78 is 43.2. The maximum atomic E-state index is 12.8. The Morgan fingerprint density at radius 3 is 2.77 bits per heavy atom. The van der Waals surface area contributed by atoms with Gasteiger partial charge in [0.25, 0.3) is 5.91 Å². The van der Waals surface area contributed by atoms with Crippen molar-refractivity contribution in [3.05, 3.63) is 29.8 Å². The monoisotopic (exact) mass is 368 g/mol. The Bertz CT molecular complexity index is 755. The molecule has 0 radical (unpaired) electrons. The van der Waals surface area contributed by atoms with E-state index in [-0.39, 0.29) is 25.2 Å². The van der Waals surface area contributed by atoms with Gasteiger partial charge in [0, 0.05) is 18.7 Å². The lowest BCUT2D eigenvalue weighted by Gasteiger charge is -2.18. The molecule has 0 aliphatic carbocycles. The van der Waals surface area contributed by atoms with Crippen LogP contribution in [0, 0.1) is 18.3 Å². The molecule has 9 heteroatoms. The molecule has 2 rings (SSSR count). The van der Waals surface area contributed by atoms with E-state index in [0.29, 0.717) is 0 Å². The number of rotatable bonds is 5. The number of carbonyl (C=O) groups excluding carboxylic acids is 3. The predicted molar refractivity (Wildman–Crippen MR) is 84.7 cm³/mol. The Morgan fingerprint density at radius 2 is 2.12 bits per heavy atom. The normalized spacial score (nSPS) is 16.9. The van der Waals surface area contributed by atoms with Gasteiger partial charge in [-0.3, -0.25) is 14.4 Å². The number of nitrogens with zero attached hydrogens (tertiary/aromatic N) is 1. The molecular weight excluding hydrogens is 353 g/mol. The minimum Gasteiger partial charge on any atom is -0.455 e. The van der Waals surface area contributed by atoms with Crippen LogP contribution < -0.4 is 10.2 Å². The molecule has 1 aromatic rings. The lowest BCUT2D eigenvalue weighted by Crippen LogP contribution is -2.31. The van der Waals surface area contributed by atoms with Gasteiger partial charge < -0.3 is 15.0 Å². The molecule has 0 unspecified atom stereocenters. The fourth-order valence-corrected chi connectivity index (χ4v) is 2.42. The van der Waals surface area contributed by atoms with Gasteiger partial charge in [-0.25, -0.2) is 0 Å². The van der Waals surface area contributed by atoms with Gasteiger partial charge in [-0.05, 0) is 18.2 Å². The van der Waals surface area contributed by atoms with Gasteiger partial charge in [0.2, 0.25) is 5.91 Å². The van der Waals surface area contributed by atoms with Crippen LogP contribution in [-0.2, 0) is 25.3 Å². The Kier molecular flexibility index (Phi) is 5.87. The fourth-order valence-electron chi connectivity index (χ4n) is 2.42. The number of nitrogens with one attached hydrogen (secondary N) is 1. The van der Waals surface area contributed by atoms with E-state index in [1.165, 1.54) is 12.1 Å². The van der Waals surface area contributed by atoms with Crippen LogP contribution >= 0.6 is 0 Å². The molecular formula is C17H15F3N2O4. The topological polar surface area (TPSA) is 75.7 Å². The van der Waals surface area contributed by atoms with Crippen molar-refractivity contribution >= 4 is 23.5 Å². The number of esters is 1. The molecule has 1 N–H and O–H groups in total. The van der Waals surface area contributed by atoms with Gasteiger partial charge in [0.05, 0.1) is 18.0 Å². The Balaban J connectivity index is 1.99. The first-order valence-corrected chi connectivity index (χ1v) is 7.56. The molecule has 1 saturated heterocycles. The van der Waals surface area contributed by atoms with Crippen molar-refractivity contribution in [2.24, 2.45) is 5.92 Å². The van der Waals surface area contributed by atoms with E-state index in [4.69, 9.17) is 11.2 Å². The summed E-state index contributed by atoms with van der Waals surface area (Å²) in [6.45, 7) is -0.679. The number of anilines is 1. The van der Waals surface area contributed by atoms with E-state index in [1.807, 2.05) is 0 Å². The number of alkyl halides is 3. The van der Waals surface area contributed by atoms with Crippen LogP contribution in [0.4, 0.5) is 18.9 Å². The minimum atomic E-state index is -4.54. The molecule has 26 heavy (non-hydrogen) atoms. The van der Waals surface area contributed by atoms with E-state index in [1.54, 1.807) is 0 Å². The van der Waals surface area contributed by atoms with Gasteiger partial charge in [-0.1, -0.05) is 12.0 Å². The number of carbonyl (C=O) groups is 3. The quantitative estimate of drug-likeness (QED) is 0.629. The highest BCUT2D eigenvalue weighted by Crippen LogP contribution is 2.33. The Hall–Kier alpha value is -3.02. The van der Waals surface area contributed by atoms with Crippen molar-refractivity contribution in [1.82, 2.24) is 5.32 Å². The molecule has 1 aromatic carbocycles. The maximum Gasteiger partial charge on any atom is 0.416 e. The van der Waals surface area contributed by atoms with E-state index >= 15 is 0 Å². The fraction of sp³-hybridized carbons (Fsp3) is 0.353. The minimum absolute atomic E-state index is 0.0123. The van der Waals surface area contributed by atoms with Gasteiger partial charge >= 0.3 is 12.1 Å². The zero-order chi connectivity index (χ0) is 19.3. The summed E-state index contributed by atoms with van der Waals surface area (Å²) in [5, 5.41) is 2.31. The molecule has 0 bridgehead atoms. The second-order valence-corrected chi connectivity index (χ2v) is 5.54. The third-order valence-electron chi connectivity index (χ3n) is 3.68. The van der Waals surface area contributed by atoms with Crippen molar-refractivity contribution in [3.63, 3.8) is 0 Å². The Labute approximate surface area is 147 Å². The molecule has 1 fully saturated rings. The summed E-state index contributed by atoms with van der Waals surface area (Å²) in [7, 11) is 0. The maximum absolute atomic E-state index is 12.8. The summed E-state index contributed by atoms with van der Waals surface area (Å²) in [6, 6.07) is 4.28. The predicted octanol–water partition coefficient (Wildman–Crippen LogP) is 1.35. The van der Waals surface area contributed by atoms with Crippen LogP contribution in [0.3, 0.4) is 0 Å². The SMILES string of the molecule is C#CCNC(=O)COC(=O)[C@@H]1CC(=O)N(c2cccc(C(F)(F)F)c2)C1. The third-order valence-corrected chi connectivity index (χ3v) is 3.68. The second-order valence-electron chi connectivity index (χ2n) is 5.54. The van der Waals surface area contributed by atoms with Crippen LogP contribution in [0.5, 0.6) is 0 Å². The molecule has 0 saturated carbocycles. The highest BCUT2D eigenvalue weighted by molar-refractivity contribution is 5.99. The van der Waals surface area contributed by atoms with Crippen LogP contribution in [-0.4, -0.2) is 37.5 Å². The summed E-state index contributed by atoms with van der Waals surface area (Å²) >= 11 is 0. The molecule has 1 aliphatic rings. The molecule has 0 spiro atoms. The van der Waals surface area contributed by atoms with Crippen molar-refractivity contribution in [2.45, 2.75) is 12.6 Å². The van der Waals surface area contributed by atoms with Gasteiger partial charge in [-0.2, -0.15) is 13.2 Å². The highest BCUT2D eigenvalue weighted by atomic mass is 19.4. The first-order chi connectivity index (χ1) is 12.2. The van der Waals surface area contributed by atoms with Gasteiger partial charge in [0.15, 0.2) is 6.61 Å². The number of benzene rings is 1. The van der Waals surface area contributed by atoms with Crippen LogP contribution in [0.15, 0.2) is 24.3 Å². The first-order valence-electron chi connectivity index (χ1n) is 7.56. The number of hydrogen-bond acceptors (Lipinski definition) is 4. The van der Waals surface area contributed by atoms with Gasteiger partial charge in [0.1, 0.15) is 0 Å². The van der Waals surface area contributed by atoms with Crippen LogP contribution in [0.1, 0.15) is 12.0 Å². The van der Waals surface area contributed by atoms with E-state index < -0.39 is 42.0 Å². The van der Waals surface area contributed by atoms with Crippen LogP contribution in [0.25, 0.3) is 0 Å². The van der Waals surface area contributed by atoms with Crippen molar-refractivity contribution < 1.29 is 32.3 Å². The molecule has 0 aromatic heterocycles. The average Bonchev–Trinajstić information content (AvgIpc) is 2.99. The lowest BCUT2D eigenvalue weighted by molar-refractivity contribution is -0.152. The molecule has 6 nitrogen and oxygen atoms in total. The number of hydrogen-bond donors (Lipinski definition) is 1. The molecule has 1 aliphatic heterocycles. The third kappa shape index (κ3) is 4.75. The van der Waals surface area contributed by atoms with E-state index in [9.17, 15) is 27.6 Å². The second kappa shape index (κ2) is 7.91. The summed E-state index contributed by atoms with van der Waals surface area (Å²) in [5.74, 6) is -0.540. The molecule has 1 heterocycles. The summed E-state index contributed by atoms with van der Waals surface area (Å²) in [6.07, 6.45) is 0.224. The van der Waals surface area contributed by atoms with E-state index in [2.05, 4.69) is 11.2 Å². The zero-order valence-electron chi connectivity index (χ0n) is 13.5. The number of terminal acetylenes is 1. The number of ether oxygens (including phenoxy) is 1. The van der Waals surface area contributed by atoms with Gasteiger partial charge in [-0.15, -0.1) is 6.42 Å². The Morgan fingerprint density at radius 1 is 1.38 bits per heavy atom. The number of halogens is 3. The van der Waals surface area contributed by atoms with E-state index in [0.717, 1.165) is 17.0 Å². The smallest absolute Gasteiger partial charge is 0.416 e. The summed E-state index contributed by atoms with van der Waals surface area (Å²) in [4.78, 5) is 36.5. The lowest BCUT2D eigenvalue weighted by atomic mass is 10.1. The summed E-state index contributed by atoms with van der Waals surface area (Å²) in [5.41, 5.74) is -0.842. The van der Waals surface area contributed by atoms with Crippen molar-refractivity contribution in [1.29, 1.82) is 0 Å². The molecule has 2 amide bonds. The first kappa shape index (κ1) is 19.3. The molecule has 138 valence electrons. The van der Waals surface area contributed by atoms with Crippen molar-refractivity contribution in [3.8, 4) is 12.3 Å². The van der Waals surface area contributed by atoms with Crippen LogP contribution in [0.2, 0.25) is 0 Å². The molecule has 1 atom stereocenters. The van der Waals surface area contributed by atoms with Crippen molar-refractivity contribution in [2.75, 3.05) is 24.6 Å². The standard InChI is InChI=1S/C17H15F3N2O4/c1-2-6-21-14(23)10-26-16(25)11-7-15(24)22(9-11)13-5-3-4-12(8-13)17(18,19)20/h1,3-5,8,11H,6-7,9-10H2,(H,21,23)/t11-/m1/s1. The number of amides is 2. The largest absolute Gasteiger partial charge is 0.455 e. The highest BCUT2D eigenvalue weighted by Gasteiger charge is 2.37. The zero-order valence-corrected chi connectivity index (χ0v) is 13.5. The average molecular weight is 368 g/mol.